The van der Waals surface area contributed by atoms with E-state index in [0.29, 0.717) is 38.2 Å². The molecule has 306 valence electrons. The van der Waals surface area contributed by atoms with Gasteiger partial charge in [-0.1, -0.05) is 30.1 Å². The van der Waals surface area contributed by atoms with Crippen LogP contribution in [0.3, 0.4) is 0 Å². The molecule has 3 N–H and O–H groups in total. The van der Waals surface area contributed by atoms with Crippen LogP contribution in [0.4, 0.5) is 0 Å². The normalized spacial score (nSPS) is 27.8. The van der Waals surface area contributed by atoms with Crippen molar-refractivity contribution in [2.45, 2.75) is 102 Å². The van der Waals surface area contributed by atoms with Gasteiger partial charge >= 0.3 is 0 Å². The second kappa shape index (κ2) is 19.0. The molecule has 2 saturated carbocycles. The number of amides is 1. The summed E-state index contributed by atoms with van der Waals surface area (Å²) < 4.78 is 26.5. The number of aliphatic hydroxyl groups is 3. The van der Waals surface area contributed by atoms with Crippen LogP contribution < -0.4 is 9.47 Å². The zero-order chi connectivity index (χ0) is 39.0. The topological polar surface area (TPSA) is 143 Å². The van der Waals surface area contributed by atoms with Crippen molar-refractivity contribution < 1.29 is 43.9 Å². The molecule has 6 rings (SSSR count). The maximum Gasteiger partial charge on any atom is 0.239 e. The van der Waals surface area contributed by atoms with Crippen LogP contribution in [-0.4, -0.2) is 127 Å². The van der Waals surface area contributed by atoms with Crippen molar-refractivity contribution in [2.24, 2.45) is 28.8 Å². The van der Waals surface area contributed by atoms with Gasteiger partial charge in [-0.3, -0.25) is 9.69 Å². The summed E-state index contributed by atoms with van der Waals surface area (Å²) in [7, 11) is 0. The minimum atomic E-state index is -1.31. The Hall–Kier alpha value is -3.00. The van der Waals surface area contributed by atoms with Crippen LogP contribution >= 0.6 is 0 Å². The molecule has 0 spiro atoms. The van der Waals surface area contributed by atoms with Crippen LogP contribution in [0.15, 0.2) is 47.7 Å². The van der Waals surface area contributed by atoms with E-state index >= 15 is 0 Å². The van der Waals surface area contributed by atoms with Crippen LogP contribution in [0.5, 0.6) is 11.5 Å². The molecule has 0 radical (unpaired) electrons. The molecule has 6 atom stereocenters. The van der Waals surface area contributed by atoms with Gasteiger partial charge in [0, 0.05) is 63.2 Å². The van der Waals surface area contributed by atoms with Crippen LogP contribution in [0.25, 0.3) is 0 Å². The average molecular weight is 768 g/mol. The molecule has 3 aliphatic carbocycles. The molecule has 12 nitrogen and oxygen atoms in total. The van der Waals surface area contributed by atoms with E-state index in [4.69, 9.17) is 28.9 Å². The molecule has 2 aliphatic heterocycles. The van der Waals surface area contributed by atoms with Gasteiger partial charge in [-0.2, -0.15) is 0 Å². The zero-order valence-corrected chi connectivity index (χ0v) is 33.3. The summed E-state index contributed by atoms with van der Waals surface area (Å²) in [6, 6.07) is 5.53. The van der Waals surface area contributed by atoms with E-state index in [2.05, 4.69) is 23.6 Å². The fourth-order valence-electron chi connectivity index (χ4n) is 8.83. The molecule has 3 fully saturated rings. The summed E-state index contributed by atoms with van der Waals surface area (Å²) in [6.07, 6.45) is 11.0. The lowest BCUT2D eigenvalue weighted by Gasteiger charge is -2.60. The van der Waals surface area contributed by atoms with Gasteiger partial charge < -0.3 is 44.0 Å². The molecule has 0 bridgehead atoms. The highest BCUT2D eigenvalue weighted by Gasteiger charge is 2.66. The molecule has 1 aromatic rings. The van der Waals surface area contributed by atoms with Gasteiger partial charge in [0.15, 0.2) is 0 Å². The van der Waals surface area contributed by atoms with E-state index in [1.54, 1.807) is 6.08 Å². The van der Waals surface area contributed by atoms with Gasteiger partial charge in [0.2, 0.25) is 11.7 Å². The molecule has 2 heterocycles. The Morgan fingerprint density at radius 2 is 1.82 bits per heavy atom. The average Bonchev–Trinajstić information content (AvgIpc) is 4.10. The third-order valence-corrected chi connectivity index (χ3v) is 11.6. The number of unbranched alkanes of at least 4 members (excludes halogenated alkanes) is 2. The third kappa shape index (κ3) is 10.1. The van der Waals surface area contributed by atoms with Gasteiger partial charge in [-0.15, -0.1) is 6.58 Å². The van der Waals surface area contributed by atoms with Crippen molar-refractivity contribution in [1.82, 2.24) is 9.80 Å². The van der Waals surface area contributed by atoms with E-state index < -0.39 is 17.4 Å². The smallest absolute Gasteiger partial charge is 0.239 e. The number of hydrogen-bond acceptors (Lipinski definition) is 11. The van der Waals surface area contributed by atoms with Gasteiger partial charge in [-0.05, 0) is 94.9 Å². The maximum absolute atomic E-state index is 14.4. The summed E-state index contributed by atoms with van der Waals surface area (Å²) in [5.41, 5.74) is 2.27. The molecule has 5 aliphatic rings. The highest BCUT2D eigenvalue weighted by atomic mass is 16.7. The van der Waals surface area contributed by atoms with Crippen molar-refractivity contribution in [1.29, 1.82) is 0 Å². The number of oxime groups is 1. The molecule has 1 aromatic carbocycles. The molecule has 6 unspecified atom stereocenters. The van der Waals surface area contributed by atoms with E-state index in [0.717, 1.165) is 80.8 Å². The van der Waals surface area contributed by atoms with Crippen LogP contribution in [0, 0.1) is 23.7 Å². The van der Waals surface area contributed by atoms with E-state index in [9.17, 15) is 20.1 Å². The second-order valence-corrected chi connectivity index (χ2v) is 16.8. The summed E-state index contributed by atoms with van der Waals surface area (Å²) >= 11 is 0. The SMILES string of the molecule is C=CCOC12Oc3ccc(OCCN4CC4)cc3C3C(CCCCO)C(CCCCO)C=C(C(=NOC(C)(C)C)CC1N(CCOCCO)C(=O)C1CC1)C32. The van der Waals surface area contributed by atoms with Crippen molar-refractivity contribution >= 4 is 11.6 Å². The Morgan fingerprint density at radius 3 is 2.49 bits per heavy atom. The summed E-state index contributed by atoms with van der Waals surface area (Å²) in [5, 5.41) is 34.1. The van der Waals surface area contributed by atoms with Crippen molar-refractivity contribution in [3.63, 3.8) is 0 Å². The summed E-state index contributed by atoms with van der Waals surface area (Å²) in [6.45, 7) is 14.7. The van der Waals surface area contributed by atoms with Gasteiger partial charge in [0.1, 0.15) is 29.7 Å². The number of allylic oxidation sites excluding steroid dienone is 1. The minimum Gasteiger partial charge on any atom is -0.492 e. The first-order valence-electron chi connectivity index (χ1n) is 20.7. The number of rotatable bonds is 23. The van der Waals surface area contributed by atoms with E-state index in [-0.39, 0.29) is 75.1 Å². The first-order valence-corrected chi connectivity index (χ1v) is 20.7. The van der Waals surface area contributed by atoms with Crippen molar-refractivity contribution in [3.05, 3.63) is 48.1 Å². The number of hydrogen-bond donors (Lipinski definition) is 3. The van der Waals surface area contributed by atoms with Crippen LogP contribution in [-0.2, 0) is 19.1 Å². The Kier molecular flexibility index (Phi) is 14.4. The van der Waals surface area contributed by atoms with Gasteiger partial charge in [-0.25, -0.2) is 0 Å². The van der Waals surface area contributed by atoms with Crippen molar-refractivity contribution in [3.8, 4) is 11.5 Å². The van der Waals surface area contributed by atoms with Crippen molar-refractivity contribution in [2.75, 3.05) is 72.4 Å². The molecule has 1 amide bonds. The number of nitrogens with zero attached hydrogens (tertiary/aromatic N) is 3. The van der Waals surface area contributed by atoms with E-state index in [1.165, 1.54) is 0 Å². The number of ether oxygens (including phenoxy) is 4. The number of benzene rings is 1. The lowest BCUT2D eigenvalue weighted by atomic mass is 9.55. The third-order valence-electron chi connectivity index (χ3n) is 11.6. The zero-order valence-electron chi connectivity index (χ0n) is 33.3. The predicted octanol–water partition coefficient (Wildman–Crippen LogP) is 5.06. The molecule has 1 saturated heterocycles. The van der Waals surface area contributed by atoms with E-state index in [1.807, 2.05) is 37.8 Å². The Balaban J connectivity index is 1.54. The number of carbonyl (C=O) groups is 1. The monoisotopic (exact) mass is 767 g/mol. The summed E-state index contributed by atoms with van der Waals surface area (Å²) in [4.78, 5) is 24.9. The Bertz CT molecular complexity index is 1500. The lowest BCUT2D eigenvalue weighted by molar-refractivity contribution is -0.258. The Labute approximate surface area is 327 Å². The minimum absolute atomic E-state index is 0.0426. The predicted molar refractivity (Wildman–Crippen MR) is 210 cm³/mol. The molecule has 0 aromatic heterocycles. The number of fused-ring (bicyclic) bond motifs is 2. The fourth-order valence-corrected chi connectivity index (χ4v) is 8.83. The largest absolute Gasteiger partial charge is 0.492 e. The number of carbonyl (C=O) groups excluding carboxylic acids is 1. The standard InChI is InChI=1S/C43H65N3O9/c1-5-23-53-43-38(46(19-24-51-26-22-49)41(50)30-12-13-30)29-36(44-55-42(2,3)4)34-27-31(10-6-8-20-47)33(11-7-9-21-48)39(40(34)43)35-28-32(14-15-37(35)54-43)52-25-18-45-16-17-45/h5,14-15,27-28,30-31,33,38-40,47-49H,1,6-13,16-26,29H2,2-4H3. The van der Waals surface area contributed by atoms with Gasteiger partial charge in [0.05, 0.1) is 38.1 Å². The molecular weight excluding hydrogens is 702 g/mol. The molecule has 12 heteroatoms. The first-order chi connectivity index (χ1) is 26.6. The lowest BCUT2D eigenvalue weighted by Crippen LogP contribution is -2.70. The summed E-state index contributed by atoms with van der Waals surface area (Å²) in [5.74, 6) is -0.0808. The highest BCUT2D eigenvalue weighted by molar-refractivity contribution is 6.03. The quantitative estimate of drug-likeness (QED) is 0.0599. The number of aliphatic hydroxyl groups excluding tert-OH is 3. The second-order valence-electron chi connectivity index (χ2n) is 16.8. The highest BCUT2D eigenvalue weighted by Crippen LogP contribution is 2.62. The fraction of sp³-hybridized carbons (Fsp3) is 0.721. The molecule has 55 heavy (non-hydrogen) atoms. The first kappa shape index (κ1) is 41.6. The maximum atomic E-state index is 14.4. The van der Waals surface area contributed by atoms with Crippen LogP contribution in [0.2, 0.25) is 0 Å². The van der Waals surface area contributed by atoms with Gasteiger partial charge in [0.25, 0.3) is 0 Å². The Morgan fingerprint density at radius 1 is 1.05 bits per heavy atom. The van der Waals surface area contributed by atoms with Crippen LogP contribution in [0.1, 0.15) is 90.0 Å². The molecular formula is C43H65N3O9.